The van der Waals surface area contributed by atoms with Gasteiger partial charge in [-0.3, -0.25) is 0 Å². The van der Waals surface area contributed by atoms with Crippen LogP contribution in [0.15, 0.2) is 115 Å². The van der Waals surface area contributed by atoms with Crippen molar-refractivity contribution in [1.82, 2.24) is 0 Å². The van der Waals surface area contributed by atoms with Gasteiger partial charge in [0.2, 0.25) is 0 Å². The zero-order valence-electron chi connectivity index (χ0n) is 32.3. The molecule has 3 aromatic carbocycles. The van der Waals surface area contributed by atoms with Crippen molar-refractivity contribution in [2.24, 2.45) is 5.92 Å². The molecule has 0 heterocycles. The molecule has 0 saturated heterocycles. The lowest BCUT2D eigenvalue weighted by atomic mass is 9.82. The molecule has 0 fully saturated rings. The minimum absolute atomic E-state index is 0.0164. The number of allylic oxidation sites excluding steroid dienone is 5. The van der Waals surface area contributed by atoms with E-state index in [-0.39, 0.29) is 44.3 Å². The lowest BCUT2D eigenvalue weighted by Gasteiger charge is -2.28. The third kappa shape index (κ3) is 11.4. The van der Waals surface area contributed by atoms with Gasteiger partial charge in [0.25, 0.3) is 0 Å². The zero-order chi connectivity index (χ0) is 38.0. The second-order valence-corrected chi connectivity index (χ2v) is 13.4. The van der Waals surface area contributed by atoms with Crippen molar-refractivity contribution in [3.63, 3.8) is 0 Å². The molecular weight excluding hydrogens is 661 g/mol. The van der Waals surface area contributed by atoms with E-state index in [1.165, 1.54) is 11.4 Å². The fourth-order valence-electron chi connectivity index (χ4n) is 7.37. The number of anilines is 3. The van der Waals surface area contributed by atoms with Crippen molar-refractivity contribution in [1.29, 1.82) is 0 Å². The summed E-state index contributed by atoms with van der Waals surface area (Å²) < 4.78 is 0. The molecule has 0 aromatic heterocycles. The van der Waals surface area contributed by atoms with Gasteiger partial charge >= 0.3 is 0 Å². The Balaban J connectivity index is 1.74. The zero-order valence-corrected chi connectivity index (χ0v) is 32.3. The van der Waals surface area contributed by atoms with Crippen LogP contribution in [0.3, 0.4) is 0 Å². The van der Waals surface area contributed by atoms with Crippen molar-refractivity contribution in [2.45, 2.75) is 39.7 Å². The van der Waals surface area contributed by atoms with E-state index in [2.05, 4.69) is 153 Å². The van der Waals surface area contributed by atoms with Crippen LogP contribution >= 0.6 is 0 Å². The molecule has 286 valence electrons. The van der Waals surface area contributed by atoms with Gasteiger partial charge in [0.05, 0.1) is 26.4 Å². The highest BCUT2D eigenvalue weighted by Crippen LogP contribution is 2.33. The van der Waals surface area contributed by atoms with Crippen LogP contribution in [0.4, 0.5) is 17.1 Å². The van der Waals surface area contributed by atoms with E-state index >= 15 is 0 Å². The van der Waals surface area contributed by atoms with Gasteiger partial charge in [-0.2, -0.15) is 0 Å². The van der Waals surface area contributed by atoms with Crippen LogP contribution in [-0.2, 0) is 0 Å². The summed E-state index contributed by atoms with van der Waals surface area (Å²) in [7, 11) is 0. The van der Waals surface area contributed by atoms with Crippen molar-refractivity contribution in [3.8, 4) is 0 Å². The maximum atomic E-state index is 9.64. The predicted molar refractivity (Wildman–Crippen MR) is 222 cm³/mol. The van der Waals surface area contributed by atoms with E-state index in [9.17, 15) is 20.4 Å². The monoisotopic (exact) mass is 723 g/mol. The Hall–Kier alpha value is -4.18. The molecule has 0 bridgehead atoms. The highest BCUT2D eigenvalue weighted by atomic mass is 16.3. The van der Waals surface area contributed by atoms with E-state index < -0.39 is 0 Å². The van der Waals surface area contributed by atoms with Crippen LogP contribution in [0.25, 0.3) is 5.57 Å². The summed E-state index contributed by atoms with van der Waals surface area (Å²) in [6.45, 7) is 14.8. The van der Waals surface area contributed by atoms with Gasteiger partial charge in [0.15, 0.2) is 0 Å². The molecule has 3 aromatic rings. The molecule has 1 aliphatic rings. The summed E-state index contributed by atoms with van der Waals surface area (Å²) in [6, 6.07) is 26.3. The van der Waals surface area contributed by atoms with Gasteiger partial charge in [0.1, 0.15) is 19.1 Å². The smallest absolute Gasteiger partial charge is 0.125 e. The molecule has 4 rings (SSSR count). The third-order valence-electron chi connectivity index (χ3n) is 10.4. The van der Waals surface area contributed by atoms with Gasteiger partial charge in [-0.05, 0) is 98.5 Å². The number of nitrogens with one attached hydrogen (secondary N) is 1. The summed E-state index contributed by atoms with van der Waals surface area (Å²) in [4.78, 5) is 7.85. The normalized spacial score (nSPS) is 15.9. The molecule has 0 aliphatic heterocycles. The average molecular weight is 724 g/mol. The average Bonchev–Trinajstić information content (AvgIpc) is 3.20. The Morgan fingerprint density at radius 2 is 1.02 bits per heavy atom. The summed E-state index contributed by atoms with van der Waals surface area (Å²) in [5.41, 5.74) is 8.03. The van der Waals surface area contributed by atoms with Gasteiger partial charge in [0, 0.05) is 68.2 Å². The van der Waals surface area contributed by atoms with Crippen molar-refractivity contribution in [3.05, 3.63) is 132 Å². The number of quaternary nitrogens is 1. The molecule has 0 spiro atoms. The standard InChI is InChI=1S/C45H62N4O4/c1-5-46(6-2)40-20-12-36(13-21-40)44(37-14-22-41(23-15-37)47(7-3)8-4)10-9-11-45(38-16-24-42(25-17-38)48(28-32-50)29-33-51)39-18-26-43(27-19-39)49(30-34-52)31-35-53/h9-27,38,42,45,50-53H,5-8,28-35H2,1-4H3/p+1. The van der Waals surface area contributed by atoms with Gasteiger partial charge < -0.3 is 40.0 Å². The number of benzene rings is 3. The summed E-state index contributed by atoms with van der Waals surface area (Å²) in [6.07, 6.45) is 15.6. The Kier molecular flexibility index (Phi) is 17.4. The Labute approximate surface area is 318 Å². The number of rotatable bonds is 22. The van der Waals surface area contributed by atoms with Crippen LogP contribution in [-0.4, -0.2) is 105 Å². The Bertz CT molecular complexity index is 1510. The van der Waals surface area contributed by atoms with E-state index in [4.69, 9.17) is 0 Å². The maximum absolute atomic E-state index is 9.64. The van der Waals surface area contributed by atoms with Gasteiger partial charge in [-0.1, -0.05) is 66.8 Å². The summed E-state index contributed by atoms with van der Waals surface area (Å²) in [5, 5.41) is 38.5. The van der Waals surface area contributed by atoms with Crippen LogP contribution in [0.5, 0.6) is 0 Å². The SMILES string of the molecule is CCN(CC)c1ccc(C(=CC=CC(c2ccc(N(CCO)CCO)cc2)C2C=CC([NH+](CCO)CCO)C=C2)c2ccc(N(CC)CC)cc2)cc1. The molecule has 0 saturated carbocycles. The lowest BCUT2D eigenvalue weighted by Crippen LogP contribution is -3.16. The third-order valence-corrected chi connectivity index (χ3v) is 10.4. The topological polar surface area (TPSA) is 95.1 Å². The minimum Gasteiger partial charge on any atom is -0.395 e. The molecule has 8 nitrogen and oxygen atoms in total. The van der Waals surface area contributed by atoms with Crippen molar-refractivity contribution in [2.75, 3.05) is 93.5 Å². The summed E-state index contributed by atoms with van der Waals surface area (Å²) in [5.74, 6) is 0.135. The molecule has 1 unspecified atom stereocenters. The first kappa shape index (κ1) is 41.6. The lowest BCUT2D eigenvalue weighted by molar-refractivity contribution is -0.912. The molecule has 5 N–H and O–H groups in total. The largest absolute Gasteiger partial charge is 0.395 e. The fraction of sp³-hybridized carbons (Fsp3) is 0.422. The van der Waals surface area contributed by atoms with E-state index in [0.29, 0.717) is 26.2 Å². The van der Waals surface area contributed by atoms with Crippen LogP contribution in [0.1, 0.15) is 50.3 Å². The molecule has 53 heavy (non-hydrogen) atoms. The quantitative estimate of drug-likeness (QED) is 0.0743. The minimum atomic E-state index is 0.0164. The second kappa shape index (κ2) is 22.1. The summed E-state index contributed by atoms with van der Waals surface area (Å²) >= 11 is 0. The molecule has 8 heteroatoms. The van der Waals surface area contributed by atoms with Gasteiger partial charge in [-0.15, -0.1) is 0 Å². The number of nitrogens with zero attached hydrogens (tertiary/aromatic N) is 3. The number of hydrogen-bond donors (Lipinski definition) is 5. The van der Waals surface area contributed by atoms with Crippen LogP contribution in [0.2, 0.25) is 0 Å². The van der Waals surface area contributed by atoms with Crippen LogP contribution in [0, 0.1) is 5.92 Å². The Morgan fingerprint density at radius 3 is 1.43 bits per heavy atom. The number of hydrogen-bond acceptors (Lipinski definition) is 7. The molecule has 1 aliphatic carbocycles. The molecular formula is C45H63N4O4+. The first-order valence-electron chi connectivity index (χ1n) is 19.5. The molecule has 0 radical (unpaired) electrons. The molecule has 0 amide bonds. The highest BCUT2D eigenvalue weighted by Gasteiger charge is 2.24. The van der Waals surface area contributed by atoms with E-state index in [1.807, 2.05) is 4.90 Å². The predicted octanol–water partition coefficient (Wildman–Crippen LogP) is 4.92. The Morgan fingerprint density at radius 1 is 0.585 bits per heavy atom. The first-order chi connectivity index (χ1) is 25.9. The van der Waals surface area contributed by atoms with E-state index in [0.717, 1.165) is 59.0 Å². The van der Waals surface area contributed by atoms with E-state index in [1.54, 1.807) is 0 Å². The molecule has 1 atom stereocenters. The number of aliphatic hydroxyl groups is 4. The van der Waals surface area contributed by atoms with Crippen molar-refractivity contribution < 1.29 is 25.3 Å². The number of aliphatic hydroxyl groups excluding tert-OH is 4. The maximum Gasteiger partial charge on any atom is 0.125 e. The highest BCUT2D eigenvalue weighted by molar-refractivity contribution is 5.82. The van der Waals surface area contributed by atoms with Gasteiger partial charge in [-0.25, -0.2) is 0 Å². The first-order valence-corrected chi connectivity index (χ1v) is 19.5. The second-order valence-electron chi connectivity index (χ2n) is 13.4. The fourth-order valence-corrected chi connectivity index (χ4v) is 7.37. The van der Waals surface area contributed by atoms with Crippen LogP contribution < -0.4 is 19.6 Å². The van der Waals surface area contributed by atoms with Crippen molar-refractivity contribution >= 4 is 22.6 Å².